The van der Waals surface area contributed by atoms with Gasteiger partial charge in [0.15, 0.2) is 6.29 Å². The van der Waals surface area contributed by atoms with E-state index in [1.54, 1.807) is 0 Å². The second-order valence-corrected chi connectivity index (χ2v) is 5.66. The fourth-order valence-corrected chi connectivity index (χ4v) is 1.53. The van der Waals surface area contributed by atoms with Gasteiger partial charge in [0, 0.05) is 0 Å². The van der Waals surface area contributed by atoms with E-state index in [9.17, 15) is 9.90 Å². The monoisotopic (exact) mass is 262 g/mol. The number of carbonyl (C=O) groups is 1. The van der Waals surface area contributed by atoms with E-state index in [1.165, 1.54) is 0 Å². The molecular formula is C13H26O5. The van der Waals surface area contributed by atoms with Crippen molar-refractivity contribution >= 4 is 6.47 Å². The van der Waals surface area contributed by atoms with Crippen LogP contribution < -0.4 is 0 Å². The molecule has 0 aliphatic rings. The maximum atomic E-state index is 10.2. The maximum Gasteiger partial charge on any atom is 0.293 e. The van der Waals surface area contributed by atoms with Crippen molar-refractivity contribution in [3.8, 4) is 0 Å². The van der Waals surface area contributed by atoms with Crippen molar-refractivity contribution < 1.29 is 24.1 Å². The van der Waals surface area contributed by atoms with E-state index in [2.05, 4.69) is 4.74 Å². The zero-order valence-corrected chi connectivity index (χ0v) is 12.0. The quantitative estimate of drug-likeness (QED) is 0.506. The van der Waals surface area contributed by atoms with E-state index in [0.29, 0.717) is 12.4 Å². The highest BCUT2D eigenvalue weighted by Gasteiger charge is 2.23. The molecule has 0 saturated heterocycles. The Kier molecular flexibility index (Phi) is 8.15. The maximum absolute atomic E-state index is 10.2. The van der Waals surface area contributed by atoms with Gasteiger partial charge in [-0.2, -0.15) is 0 Å². The Labute approximate surface area is 109 Å². The first-order valence-corrected chi connectivity index (χ1v) is 6.28. The lowest BCUT2D eigenvalue weighted by Crippen LogP contribution is -2.37. The fraction of sp³-hybridized carbons (Fsp3) is 0.923. The average Bonchev–Trinajstić information content (AvgIpc) is 2.22. The third-order valence-corrected chi connectivity index (χ3v) is 2.07. The van der Waals surface area contributed by atoms with E-state index in [4.69, 9.17) is 9.47 Å². The SMILES string of the molecule is CC(C)CC(CO)OC(COC=O)OC(C)(C)C. The predicted molar refractivity (Wildman–Crippen MR) is 68.1 cm³/mol. The summed E-state index contributed by atoms with van der Waals surface area (Å²) >= 11 is 0. The van der Waals surface area contributed by atoms with Crippen LogP contribution in [-0.4, -0.2) is 42.8 Å². The molecule has 0 rings (SSSR count). The second kappa shape index (κ2) is 8.45. The Bertz CT molecular complexity index is 222. The van der Waals surface area contributed by atoms with E-state index < -0.39 is 11.9 Å². The smallest absolute Gasteiger partial charge is 0.293 e. The molecule has 0 amide bonds. The summed E-state index contributed by atoms with van der Waals surface area (Å²) in [6, 6.07) is 0. The van der Waals surface area contributed by atoms with Gasteiger partial charge in [0.2, 0.25) is 0 Å². The van der Waals surface area contributed by atoms with Crippen LogP contribution in [0, 0.1) is 5.92 Å². The number of ether oxygens (including phenoxy) is 3. The van der Waals surface area contributed by atoms with Crippen LogP contribution in [0.1, 0.15) is 41.0 Å². The third kappa shape index (κ3) is 9.39. The summed E-state index contributed by atoms with van der Waals surface area (Å²) in [4.78, 5) is 10.2. The Hall–Kier alpha value is -0.650. The van der Waals surface area contributed by atoms with Crippen LogP contribution in [0.15, 0.2) is 0 Å². The van der Waals surface area contributed by atoms with Crippen molar-refractivity contribution in [3.05, 3.63) is 0 Å². The van der Waals surface area contributed by atoms with E-state index >= 15 is 0 Å². The molecule has 0 aromatic heterocycles. The minimum absolute atomic E-state index is 0.0232. The van der Waals surface area contributed by atoms with Crippen molar-refractivity contribution in [2.75, 3.05) is 13.2 Å². The molecule has 5 heteroatoms. The molecule has 0 bridgehead atoms. The van der Waals surface area contributed by atoms with Gasteiger partial charge in [-0.25, -0.2) is 0 Å². The molecule has 2 atom stereocenters. The van der Waals surface area contributed by atoms with Crippen LogP contribution in [0.2, 0.25) is 0 Å². The molecule has 0 aromatic carbocycles. The van der Waals surface area contributed by atoms with Crippen molar-refractivity contribution in [1.82, 2.24) is 0 Å². The van der Waals surface area contributed by atoms with Crippen molar-refractivity contribution in [3.63, 3.8) is 0 Å². The minimum Gasteiger partial charge on any atom is -0.462 e. The molecule has 0 aliphatic carbocycles. The summed E-state index contributed by atoms with van der Waals surface area (Å²) < 4.78 is 15.9. The molecule has 0 aromatic rings. The second-order valence-electron chi connectivity index (χ2n) is 5.66. The van der Waals surface area contributed by atoms with Gasteiger partial charge in [0.1, 0.15) is 6.61 Å². The molecular weight excluding hydrogens is 236 g/mol. The van der Waals surface area contributed by atoms with Gasteiger partial charge >= 0.3 is 0 Å². The van der Waals surface area contributed by atoms with Crippen LogP contribution in [0.25, 0.3) is 0 Å². The van der Waals surface area contributed by atoms with E-state index in [1.807, 2.05) is 34.6 Å². The molecule has 5 nitrogen and oxygen atoms in total. The van der Waals surface area contributed by atoms with Crippen molar-refractivity contribution in [1.29, 1.82) is 0 Å². The van der Waals surface area contributed by atoms with Gasteiger partial charge in [-0.1, -0.05) is 13.8 Å². The summed E-state index contributed by atoms with van der Waals surface area (Å²) in [6.45, 7) is 10.1. The lowest BCUT2D eigenvalue weighted by molar-refractivity contribution is -0.237. The highest BCUT2D eigenvalue weighted by molar-refractivity contribution is 5.36. The Morgan fingerprint density at radius 1 is 1.28 bits per heavy atom. The number of hydrogen-bond donors (Lipinski definition) is 1. The predicted octanol–water partition coefficient (Wildman–Crippen LogP) is 1.72. The van der Waals surface area contributed by atoms with Crippen molar-refractivity contribution in [2.24, 2.45) is 5.92 Å². The standard InChI is InChI=1S/C13H26O5/c1-10(2)6-11(7-14)17-12(8-16-9-15)18-13(3,4)5/h9-12,14H,6-8H2,1-5H3. The highest BCUT2D eigenvalue weighted by Crippen LogP contribution is 2.16. The Morgan fingerprint density at radius 3 is 2.28 bits per heavy atom. The summed E-state index contributed by atoms with van der Waals surface area (Å²) in [5.41, 5.74) is -0.408. The highest BCUT2D eigenvalue weighted by atomic mass is 16.7. The first kappa shape index (κ1) is 17.4. The van der Waals surface area contributed by atoms with Crippen LogP contribution >= 0.6 is 0 Å². The third-order valence-electron chi connectivity index (χ3n) is 2.07. The summed E-state index contributed by atoms with van der Waals surface area (Å²) in [5, 5.41) is 9.26. The summed E-state index contributed by atoms with van der Waals surface area (Å²) in [6.07, 6.45) is -0.250. The molecule has 0 fully saturated rings. The number of aliphatic hydroxyl groups excluding tert-OH is 1. The van der Waals surface area contributed by atoms with Gasteiger partial charge in [-0.15, -0.1) is 0 Å². The number of rotatable bonds is 9. The van der Waals surface area contributed by atoms with Gasteiger partial charge in [-0.3, -0.25) is 4.79 Å². The van der Waals surface area contributed by atoms with E-state index in [0.717, 1.165) is 6.42 Å². The van der Waals surface area contributed by atoms with Gasteiger partial charge in [0.25, 0.3) is 6.47 Å². The summed E-state index contributed by atoms with van der Waals surface area (Å²) in [7, 11) is 0. The zero-order chi connectivity index (χ0) is 14.2. The molecule has 0 heterocycles. The molecule has 2 unspecified atom stereocenters. The first-order valence-electron chi connectivity index (χ1n) is 6.28. The van der Waals surface area contributed by atoms with Crippen LogP contribution in [-0.2, 0) is 19.0 Å². The molecule has 108 valence electrons. The van der Waals surface area contributed by atoms with Crippen LogP contribution in [0.4, 0.5) is 0 Å². The fourth-order valence-electron chi connectivity index (χ4n) is 1.53. The van der Waals surface area contributed by atoms with Gasteiger partial charge < -0.3 is 19.3 Å². The van der Waals surface area contributed by atoms with E-state index in [-0.39, 0.29) is 19.3 Å². The topological polar surface area (TPSA) is 65.0 Å². The molecule has 0 radical (unpaired) electrons. The molecule has 0 spiro atoms. The van der Waals surface area contributed by atoms with Gasteiger partial charge in [0.05, 0.1) is 18.3 Å². The molecule has 18 heavy (non-hydrogen) atoms. The lowest BCUT2D eigenvalue weighted by Gasteiger charge is -2.30. The molecule has 1 N–H and O–H groups in total. The van der Waals surface area contributed by atoms with Crippen LogP contribution in [0.3, 0.4) is 0 Å². The Morgan fingerprint density at radius 2 is 1.89 bits per heavy atom. The first-order chi connectivity index (χ1) is 8.28. The summed E-state index contributed by atoms with van der Waals surface area (Å²) in [5.74, 6) is 0.407. The zero-order valence-electron chi connectivity index (χ0n) is 12.0. The van der Waals surface area contributed by atoms with Crippen LogP contribution in [0.5, 0.6) is 0 Å². The largest absolute Gasteiger partial charge is 0.462 e. The average molecular weight is 262 g/mol. The Balaban J connectivity index is 4.39. The number of carbonyl (C=O) groups excluding carboxylic acids is 1. The van der Waals surface area contributed by atoms with Crippen molar-refractivity contribution in [2.45, 2.75) is 59.0 Å². The lowest BCUT2D eigenvalue weighted by atomic mass is 10.1. The number of aliphatic hydroxyl groups is 1. The van der Waals surface area contributed by atoms with Gasteiger partial charge in [-0.05, 0) is 33.1 Å². The normalized spacial score (nSPS) is 15.5. The molecule has 0 aliphatic heterocycles. The number of hydrogen-bond acceptors (Lipinski definition) is 5. The minimum atomic E-state index is -0.661. The molecule has 0 saturated carbocycles.